The molecule has 4 rings (SSSR count). The lowest BCUT2D eigenvalue weighted by Crippen LogP contribution is -2.28. The van der Waals surface area contributed by atoms with E-state index < -0.39 is 0 Å². The fraction of sp³-hybridized carbons (Fsp3) is 0.263. The van der Waals surface area contributed by atoms with Crippen LogP contribution in [-0.2, 0) is 6.42 Å². The molecule has 1 aromatic heterocycles. The number of rotatable bonds is 3. The van der Waals surface area contributed by atoms with Gasteiger partial charge in [-0.05, 0) is 41.7 Å². The number of nitrogen functional groups attached to an aromatic ring is 1. The van der Waals surface area contributed by atoms with Gasteiger partial charge in [-0.3, -0.25) is 0 Å². The smallest absolute Gasteiger partial charge is 0.241 e. The Labute approximate surface area is 155 Å². The zero-order valence-corrected chi connectivity index (χ0v) is 15.6. The van der Waals surface area contributed by atoms with Gasteiger partial charge < -0.3 is 11.1 Å². The first-order valence-corrected chi connectivity index (χ1v) is 9.26. The van der Waals surface area contributed by atoms with Gasteiger partial charge in [-0.15, -0.1) is 5.10 Å². The Balaban J connectivity index is 1.72. The average molecular weight is 398 g/mol. The van der Waals surface area contributed by atoms with E-state index in [9.17, 15) is 0 Å². The predicted molar refractivity (Wildman–Crippen MR) is 104 cm³/mol. The minimum atomic E-state index is 0.112. The van der Waals surface area contributed by atoms with Crippen LogP contribution in [0.3, 0.4) is 0 Å². The maximum absolute atomic E-state index is 5.86. The van der Waals surface area contributed by atoms with Crippen LogP contribution in [0, 0.1) is 0 Å². The highest BCUT2D eigenvalue weighted by molar-refractivity contribution is 9.10. The van der Waals surface area contributed by atoms with Crippen LogP contribution < -0.4 is 11.1 Å². The molecule has 1 aliphatic heterocycles. The van der Waals surface area contributed by atoms with E-state index in [0.717, 1.165) is 23.3 Å². The van der Waals surface area contributed by atoms with E-state index in [-0.39, 0.29) is 12.1 Å². The number of hydrogen-bond acceptors (Lipinski definition) is 4. The average Bonchev–Trinajstić information content (AvgIpc) is 3.01. The van der Waals surface area contributed by atoms with Gasteiger partial charge in [0.2, 0.25) is 11.9 Å². The Morgan fingerprint density at radius 1 is 1.12 bits per heavy atom. The van der Waals surface area contributed by atoms with E-state index in [1.54, 1.807) is 0 Å². The van der Waals surface area contributed by atoms with Gasteiger partial charge in [0.1, 0.15) is 0 Å². The van der Waals surface area contributed by atoms with E-state index >= 15 is 0 Å². The van der Waals surface area contributed by atoms with Crippen molar-refractivity contribution in [3.63, 3.8) is 0 Å². The van der Waals surface area contributed by atoms with Crippen LogP contribution in [0.25, 0.3) is 0 Å². The van der Waals surface area contributed by atoms with E-state index in [1.165, 1.54) is 16.7 Å². The van der Waals surface area contributed by atoms with Crippen LogP contribution >= 0.6 is 15.9 Å². The minimum Gasteiger partial charge on any atom is -0.366 e. The van der Waals surface area contributed by atoms with Crippen molar-refractivity contribution in [1.82, 2.24) is 14.8 Å². The molecule has 128 valence electrons. The summed E-state index contributed by atoms with van der Waals surface area (Å²) in [7, 11) is 0. The van der Waals surface area contributed by atoms with E-state index in [1.807, 2.05) is 4.68 Å². The Morgan fingerprint density at radius 3 is 2.48 bits per heavy atom. The number of nitrogens with two attached hydrogens (primary N) is 1. The van der Waals surface area contributed by atoms with E-state index in [4.69, 9.17) is 5.73 Å². The van der Waals surface area contributed by atoms with Gasteiger partial charge in [-0.2, -0.15) is 4.98 Å². The molecule has 2 heterocycles. The molecular formula is C19H20BrN5. The summed E-state index contributed by atoms with van der Waals surface area (Å²) in [4.78, 5) is 4.36. The topological polar surface area (TPSA) is 68.8 Å². The van der Waals surface area contributed by atoms with Gasteiger partial charge in [-0.1, -0.05) is 59.3 Å². The molecule has 0 spiro atoms. The third-order valence-corrected chi connectivity index (χ3v) is 5.28. The molecule has 0 bridgehead atoms. The van der Waals surface area contributed by atoms with Crippen molar-refractivity contribution in [2.75, 3.05) is 11.1 Å². The number of anilines is 2. The summed E-state index contributed by atoms with van der Waals surface area (Å²) in [6.45, 7) is 2.17. The maximum atomic E-state index is 5.86. The van der Waals surface area contributed by atoms with Gasteiger partial charge in [0.15, 0.2) is 0 Å². The second kappa shape index (κ2) is 6.52. The van der Waals surface area contributed by atoms with Gasteiger partial charge in [0.25, 0.3) is 0 Å². The zero-order chi connectivity index (χ0) is 17.4. The summed E-state index contributed by atoms with van der Waals surface area (Å²) in [5.41, 5.74) is 9.65. The van der Waals surface area contributed by atoms with Gasteiger partial charge >= 0.3 is 0 Å². The first kappa shape index (κ1) is 16.1. The molecule has 0 saturated heterocycles. The van der Waals surface area contributed by atoms with Crippen LogP contribution in [0.4, 0.5) is 11.9 Å². The standard InChI is InChI=1S/C19H20BrN5/c1-2-12-3-5-14(6-4-12)17-11-16(13-7-9-15(20)10-8-13)22-19-23-18(21)24-25(17)19/h3-10,16-17H,2,11H2,1H3,(H3,21,22,23,24)/t16-,17-/m1/s1. The molecule has 0 saturated carbocycles. The molecule has 1 aliphatic rings. The highest BCUT2D eigenvalue weighted by Crippen LogP contribution is 2.38. The lowest BCUT2D eigenvalue weighted by molar-refractivity contribution is 0.431. The monoisotopic (exact) mass is 397 g/mol. The van der Waals surface area contributed by atoms with Crippen LogP contribution in [0.2, 0.25) is 0 Å². The second-order valence-electron chi connectivity index (χ2n) is 6.33. The van der Waals surface area contributed by atoms with Crippen LogP contribution in [0.15, 0.2) is 53.0 Å². The predicted octanol–water partition coefficient (Wildman–Crippen LogP) is 4.33. The van der Waals surface area contributed by atoms with E-state index in [0.29, 0.717) is 5.95 Å². The molecule has 3 N–H and O–H groups in total. The largest absolute Gasteiger partial charge is 0.366 e. The summed E-state index contributed by atoms with van der Waals surface area (Å²) in [5.74, 6) is 1.02. The molecule has 5 nitrogen and oxygen atoms in total. The Bertz CT molecular complexity index is 870. The maximum Gasteiger partial charge on any atom is 0.241 e. The Kier molecular flexibility index (Phi) is 4.21. The molecule has 2 atom stereocenters. The molecule has 25 heavy (non-hydrogen) atoms. The van der Waals surface area contributed by atoms with E-state index in [2.05, 4.69) is 86.8 Å². The van der Waals surface area contributed by atoms with Crippen LogP contribution in [0.1, 0.15) is 42.1 Å². The lowest BCUT2D eigenvalue weighted by Gasteiger charge is -2.31. The Hall–Kier alpha value is -2.34. The van der Waals surface area contributed by atoms with Crippen molar-refractivity contribution in [2.24, 2.45) is 0 Å². The van der Waals surface area contributed by atoms with Gasteiger partial charge in [0.05, 0.1) is 12.1 Å². The summed E-state index contributed by atoms with van der Waals surface area (Å²) in [6, 6.07) is 17.4. The third-order valence-electron chi connectivity index (χ3n) is 4.75. The number of fused-ring (bicyclic) bond motifs is 1. The third kappa shape index (κ3) is 3.14. The molecule has 2 aromatic carbocycles. The van der Waals surface area contributed by atoms with Crippen molar-refractivity contribution < 1.29 is 0 Å². The number of benzene rings is 2. The summed E-state index contributed by atoms with van der Waals surface area (Å²) in [6.07, 6.45) is 1.93. The molecule has 0 amide bonds. The van der Waals surface area contributed by atoms with Crippen molar-refractivity contribution in [1.29, 1.82) is 0 Å². The highest BCUT2D eigenvalue weighted by atomic mass is 79.9. The van der Waals surface area contributed by atoms with Crippen molar-refractivity contribution >= 4 is 27.8 Å². The van der Waals surface area contributed by atoms with Crippen LogP contribution in [0.5, 0.6) is 0 Å². The quantitative estimate of drug-likeness (QED) is 0.689. The molecule has 0 unspecified atom stereocenters. The van der Waals surface area contributed by atoms with Crippen LogP contribution in [-0.4, -0.2) is 14.8 Å². The molecule has 0 radical (unpaired) electrons. The number of aromatic nitrogens is 3. The first-order chi connectivity index (χ1) is 12.1. The molecule has 3 aromatic rings. The highest BCUT2D eigenvalue weighted by Gasteiger charge is 2.30. The van der Waals surface area contributed by atoms with Crippen molar-refractivity contribution in [2.45, 2.75) is 31.8 Å². The number of halogens is 1. The molecule has 0 aliphatic carbocycles. The zero-order valence-electron chi connectivity index (χ0n) is 14.0. The number of nitrogens with zero attached hydrogens (tertiary/aromatic N) is 3. The molecular weight excluding hydrogens is 378 g/mol. The number of aryl methyl sites for hydroxylation is 1. The summed E-state index contributed by atoms with van der Waals surface area (Å²) < 4.78 is 2.98. The Morgan fingerprint density at radius 2 is 1.80 bits per heavy atom. The normalized spacial score (nSPS) is 19.3. The van der Waals surface area contributed by atoms with Gasteiger partial charge in [0, 0.05) is 4.47 Å². The van der Waals surface area contributed by atoms with Crippen molar-refractivity contribution in [3.05, 3.63) is 69.7 Å². The number of nitrogens with one attached hydrogen (secondary N) is 1. The fourth-order valence-corrected chi connectivity index (χ4v) is 3.63. The van der Waals surface area contributed by atoms with Gasteiger partial charge in [-0.25, -0.2) is 4.68 Å². The second-order valence-corrected chi connectivity index (χ2v) is 7.25. The SMILES string of the molecule is CCc1ccc([C@H]2C[C@H](c3ccc(Br)cc3)Nc3nc(N)nn32)cc1. The fourth-order valence-electron chi connectivity index (χ4n) is 3.36. The lowest BCUT2D eigenvalue weighted by atomic mass is 9.93. The molecule has 0 fully saturated rings. The number of hydrogen-bond donors (Lipinski definition) is 2. The minimum absolute atomic E-state index is 0.112. The molecule has 6 heteroatoms. The summed E-state index contributed by atoms with van der Waals surface area (Å²) >= 11 is 3.50. The first-order valence-electron chi connectivity index (χ1n) is 8.47. The summed E-state index contributed by atoms with van der Waals surface area (Å²) in [5, 5.41) is 7.88. The van der Waals surface area contributed by atoms with Crippen molar-refractivity contribution in [3.8, 4) is 0 Å².